The molecule has 4 heteroatoms. The maximum absolute atomic E-state index is 13.1. The van der Waals surface area contributed by atoms with Gasteiger partial charge >= 0.3 is 0 Å². The monoisotopic (exact) mass is 332 g/mol. The van der Waals surface area contributed by atoms with Crippen LogP contribution in [0.2, 0.25) is 0 Å². The van der Waals surface area contributed by atoms with Crippen molar-refractivity contribution in [3.8, 4) is 0 Å². The van der Waals surface area contributed by atoms with Crippen molar-refractivity contribution < 1.29 is 9.18 Å². The van der Waals surface area contributed by atoms with E-state index in [9.17, 15) is 9.18 Å². The molecule has 2 unspecified atom stereocenters. The van der Waals surface area contributed by atoms with Gasteiger partial charge in [-0.15, -0.1) is 0 Å². The minimum absolute atomic E-state index is 0.0169. The van der Waals surface area contributed by atoms with E-state index in [0.29, 0.717) is 18.9 Å². The van der Waals surface area contributed by atoms with Crippen molar-refractivity contribution in [2.45, 2.75) is 63.8 Å². The summed E-state index contributed by atoms with van der Waals surface area (Å²) in [5, 5.41) is 0. The van der Waals surface area contributed by atoms with Crippen molar-refractivity contribution in [3.63, 3.8) is 0 Å². The van der Waals surface area contributed by atoms with Crippen LogP contribution in [0.15, 0.2) is 24.3 Å². The van der Waals surface area contributed by atoms with Gasteiger partial charge in [-0.3, -0.25) is 4.79 Å². The Labute approximate surface area is 144 Å². The van der Waals surface area contributed by atoms with Gasteiger partial charge in [-0.25, -0.2) is 4.39 Å². The minimum Gasteiger partial charge on any atom is -0.339 e. The number of likely N-dealkylation sites (tertiary alicyclic amines) is 1. The molecule has 0 aromatic heterocycles. The summed E-state index contributed by atoms with van der Waals surface area (Å²) in [6, 6.07) is 6.96. The summed E-state index contributed by atoms with van der Waals surface area (Å²) in [5.74, 6) is 0.351. The summed E-state index contributed by atoms with van der Waals surface area (Å²) < 4.78 is 13.1. The molecule has 24 heavy (non-hydrogen) atoms. The lowest BCUT2D eigenvalue weighted by Gasteiger charge is -2.37. The van der Waals surface area contributed by atoms with Gasteiger partial charge in [-0.1, -0.05) is 31.4 Å². The van der Waals surface area contributed by atoms with Crippen LogP contribution in [0.4, 0.5) is 4.39 Å². The first-order valence-electron chi connectivity index (χ1n) is 9.28. The first-order chi connectivity index (χ1) is 11.5. The second kappa shape index (κ2) is 7.22. The van der Waals surface area contributed by atoms with Crippen LogP contribution in [-0.2, 0) is 4.79 Å². The molecule has 1 amide bonds. The first kappa shape index (κ1) is 17.4. The Bertz CT molecular complexity index is 566. The zero-order valence-electron chi connectivity index (χ0n) is 14.6. The zero-order valence-corrected chi connectivity index (χ0v) is 14.6. The van der Waals surface area contributed by atoms with Gasteiger partial charge in [0.1, 0.15) is 5.82 Å². The number of nitrogens with two attached hydrogens (primary N) is 1. The van der Waals surface area contributed by atoms with Crippen molar-refractivity contribution in [1.82, 2.24) is 4.90 Å². The highest BCUT2D eigenvalue weighted by Crippen LogP contribution is 2.40. The molecule has 132 valence electrons. The maximum atomic E-state index is 13.1. The van der Waals surface area contributed by atoms with E-state index >= 15 is 0 Å². The summed E-state index contributed by atoms with van der Waals surface area (Å²) in [6.07, 6.45) is 7.36. The fourth-order valence-corrected chi connectivity index (χ4v) is 4.53. The highest BCUT2D eigenvalue weighted by Gasteiger charge is 2.38. The standard InChI is InChI=1S/C20H29FN2O/c1-15-11-17(16-5-7-18(21)8-6-16)13-23(15)19(24)12-20(14-22)9-3-2-4-10-20/h5-8,15,17H,2-4,9-14,22H2,1H3. The third-order valence-electron chi connectivity index (χ3n) is 6.11. The highest BCUT2D eigenvalue weighted by atomic mass is 19.1. The van der Waals surface area contributed by atoms with E-state index in [4.69, 9.17) is 5.73 Å². The third kappa shape index (κ3) is 3.64. The Hall–Kier alpha value is -1.42. The molecule has 1 saturated heterocycles. The van der Waals surface area contributed by atoms with Crippen LogP contribution in [-0.4, -0.2) is 29.9 Å². The fourth-order valence-electron chi connectivity index (χ4n) is 4.53. The average molecular weight is 332 g/mol. The molecular weight excluding hydrogens is 303 g/mol. The number of hydrogen-bond donors (Lipinski definition) is 1. The number of carbonyl (C=O) groups excluding carboxylic acids is 1. The molecule has 1 heterocycles. The van der Waals surface area contributed by atoms with Gasteiger partial charge in [-0.05, 0) is 55.8 Å². The summed E-state index contributed by atoms with van der Waals surface area (Å²) in [4.78, 5) is 15.0. The van der Waals surface area contributed by atoms with Crippen molar-refractivity contribution in [2.75, 3.05) is 13.1 Å². The second-order valence-electron chi connectivity index (χ2n) is 7.82. The van der Waals surface area contributed by atoms with Crippen LogP contribution >= 0.6 is 0 Å². The normalized spacial score (nSPS) is 26.5. The Balaban J connectivity index is 1.65. The average Bonchev–Trinajstić information content (AvgIpc) is 2.98. The van der Waals surface area contributed by atoms with Crippen LogP contribution in [0.5, 0.6) is 0 Å². The topological polar surface area (TPSA) is 46.3 Å². The minimum atomic E-state index is -0.208. The van der Waals surface area contributed by atoms with Crippen molar-refractivity contribution in [1.29, 1.82) is 0 Å². The molecule has 1 saturated carbocycles. The van der Waals surface area contributed by atoms with Gasteiger partial charge in [0.2, 0.25) is 5.91 Å². The number of rotatable bonds is 4. The van der Waals surface area contributed by atoms with Crippen molar-refractivity contribution in [3.05, 3.63) is 35.6 Å². The third-order valence-corrected chi connectivity index (χ3v) is 6.11. The Kier molecular flexibility index (Phi) is 5.24. The van der Waals surface area contributed by atoms with Gasteiger partial charge < -0.3 is 10.6 Å². The molecule has 1 aromatic rings. The summed E-state index contributed by atoms with van der Waals surface area (Å²) in [7, 11) is 0. The largest absolute Gasteiger partial charge is 0.339 e. The summed E-state index contributed by atoms with van der Waals surface area (Å²) >= 11 is 0. The Morgan fingerprint density at radius 1 is 1.25 bits per heavy atom. The molecule has 0 bridgehead atoms. The molecule has 3 nitrogen and oxygen atoms in total. The maximum Gasteiger partial charge on any atom is 0.223 e. The molecule has 0 radical (unpaired) electrons. The van der Waals surface area contributed by atoms with E-state index in [1.165, 1.54) is 31.4 Å². The fraction of sp³-hybridized carbons (Fsp3) is 0.650. The molecule has 2 N–H and O–H groups in total. The number of benzene rings is 1. The second-order valence-corrected chi connectivity index (χ2v) is 7.82. The SMILES string of the molecule is CC1CC(c2ccc(F)cc2)CN1C(=O)CC1(CN)CCCCC1. The lowest BCUT2D eigenvalue weighted by molar-refractivity contribution is -0.134. The van der Waals surface area contributed by atoms with E-state index in [2.05, 4.69) is 6.92 Å². The van der Waals surface area contributed by atoms with Gasteiger partial charge in [0.05, 0.1) is 0 Å². The summed E-state index contributed by atoms with van der Waals surface area (Å²) in [5.41, 5.74) is 7.19. The molecule has 1 aliphatic heterocycles. The number of halogens is 1. The van der Waals surface area contributed by atoms with Crippen LogP contribution in [0.25, 0.3) is 0 Å². The lowest BCUT2D eigenvalue weighted by Crippen LogP contribution is -2.41. The van der Waals surface area contributed by atoms with Crippen LogP contribution < -0.4 is 5.73 Å². The van der Waals surface area contributed by atoms with E-state index in [1.807, 2.05) is 17.0 Å². The van der Waals surface area contributed by atoms with Crippen molar-refractivity contribution >= 4 is 5.91 Å². The smallest absolute Gasteiger partial charge is 0.223 e. The van der Waals surface area contributed by atoms with Gasteiger partial charge in [0, 0.05) is 24.9 Å². The van der Waals surface area contributed by atoms with E-state index in [-0.39, 0.29) is 23.2 Å². The van der Waals surface area contributed by atoms with Crippen LogP contribution in [0.1, 0.15) is 63.4 Å². The molecule has 1 aliphatic carbocycles. The molecule has 2 fully saturated rings. The number of nitrogens with zero attached hydrogens (tertiary/aromatic N) is 1. The number of carbonyl (C=O) groups is 1. The molecule has 0 spiro atoms. The molecule has 3 rings (SSSR count). The molecule has 2 aliphatic rings. The predicted octanol–water partition coefficient (Wildman–Crippen LogP) is 3.83. The Morgan fingerprint density at radius 3 is 2.54 bits per heavy atom. The number of hydrogen-bond acceptors (Lipinski definition) is 2. The number of amides is 1. The highest BCUT2D eigenvalue weighted by molar-refractivity contribution is 5.78. The van der Waals surface area contributed by atoms with Gasteiger partial charge in [0.25, 0.3) is 0 Å². The zero-order chi connectivity index (χ0) is 17.2. The quantitative estimate of drug-likeness (QED) is 0.911. The van der Waals surface area contributed by atoms with E-state index < -0.39 is 0 Å². The van der Waals surface area contributed by atoms with Crippen molar-refractivity contribution in [2.24, 2.45) is 11.1 Å². The van der Waals surface area contributed by atoms with E-state index in [1.54, 1.807) is 0 Å². The molecule has 1 aromatic carbocycles. The van der Waals surface area contributed by atoms with Gasteiger partial charge in [-0.2, -0.15) is 0 Å². The van der Waals surface area contributed by atoms with Crippen LogP contribution in [0.3, 0.4) is 0 Å². The molecular formula is C20H29FN2O. The van der Waals surface area contributed by atoms with Gasteiger partial charge in [0.15, 0.2) is 0 Å². The lowest BCUT2D eigenvalue weighted by atomic mass is 9.71. The molecule has 2 atom stereocenters. The predicted molar refractivity (Wildman–Crippen MR) is 94.1 cm³/mol. The van der Waals surface area contributed by atoms with E-state index in [0.717, 1.165) is 31.4 Å². The summed E-state index contributed by atoms with van der Waals surface area (Å²) in [6.45, 7) is 3.48. The Morgan fingerprint density at radius 2 is 1.92 bits per heavy atom. The first-order valence-corrected chi connectivity index (χ1v) is 9.28. The van der Waals surface area contributed by atoms with Crippen LogP contribution in [0, 0.1) is 11.2 Å².